The first-order valence-electron chi connectivity index (χ1n) is 8.51. The van der Waals surface area contributed by atoms with Crippen LogP contribution in [0.15, 0.2) is 42.5 Å². The number of nitrogens with one attached hydrogen (secondary N) is 2. The Kier molecular flexibility index (Phi) is 6.15. The van der Waals surface area contributed by atoms with Gasteiger partial charge in [-0.3, -0.25) is 14.9 Å². The Morgan fingerprint density at radius 1 is 1.11 bits per heavy atom. The fourth-order valence-corrected chi connectivity index (χ4v) is 3.56. The van der Waals surface area contributed by atoms with Crippen LogP contribution in [0.4, 0.5) is 17.1 Å². The van der Waals surface area contributed by atoms with Gasteiger partial charge in [-0.05, 0) is 24.3 Å². The number of hydrogen-bond donors (Lipinski definition) is 2. The maximum absolute atomic E-state index is 12.3. The van der Waals surface area contributed by atoms with Crippen LogP contribution in [-0.4, -0.2) is 43.6 Å². The number of carbonyl (C=O) groups is 1. The van der Waals surface area contributed by atoms with E-state index in [1.807, 2.05) is 0 Å². The number of nitro groups is 1. The van der Waals surface area contributed by atoms with Crippen molar-refractivity contribution in [1.82, 2.24) is 0 Å². The van der Waals surface area contributed by atoms with Crippen LogP contribution in [0.5, 0.6) is 0 Å². The molecule has 1 heterocycles. The summed E-state index contributed by atoms with van der Waals surface area (Å²) in [7, 11) is 0. The molecule has 3 rings (SSSR count). The van der Waals surface area contributed by atoms with Gasteiger partial charge in [0, 0.05) is 17.8 Å². The van der Waals surface area contributed by atoms with E-state index in [0.29, 0.717) is 22.3 Å². The highest BCUT2D eigenvalue weighted by Crippen LogP contribution is 2.29. The summed E-state index contributed by atoms with van der Waals surface area (Å²) in [5, 5.41) is 14.3. The van der Waals surface area contributed by atoms with E-state index in [4.69, 9.17) is 23.2 Å². The van der Waals surface area contributed by atoms with Gasteiger partial charge in [-0.25, -0.2) is 0 Å². The monoisotopic (exact) mass is 409 g/mol. The number of quaternary nitrogens is 1. The molecule has 1 aliphatic heterocycles. The van der Waals surface area contributed by atoms with E-state index in [0.717, 1.165) is 36.8 Å². The average Bonchev–Trinajstić information content (AvgIpc) is 2.65. The fraction of sp³-hybridized carbons (Fsp3) is 0.278. The number of halogens is 2. The van der Waals surface area contributed by atoms with Gasteiger partial charge < -0.3 is 15.1 Å². The molecule has 27 heavy (non-hydrogen) atoms. The lowest BCUT2D eigenvalue weighted by Crippen LogP contribution is -3.15. The minimum Gasteiger partial charge on any atom is -0.360 e. The molecule has 1 aliphatic rings. The van der Waals surface area contributed by atoms with Crippen molar-refractivity contribution in [3.8, 4) is 0 Å². The second kappa shape index (κ2) is 8.56. The molecular formula is C18H19Cl2N4O3+. The Bertz CT molecular complexity index is 817. The molecule has 1 fully saturated rings. The summed E-state index contributed by atoms with van der Waals surface area (Å²) in [6, 6.07) is 11.6. The van der Waals surface area contributed by atoms with E-state index in [-0.39, 0.29) is 11.6 Å². The lowest BCUT2D eigenvalue weighted by molar-refractivity contribution is -0.892. The van der Waals surface area contributed by atoms with Gasteiger partial charge in [0.15, 0.2) is 6.54 Å². The Labute approximate surface area is 166 Å². The van der Waals surface area contributed by atoms with Crippen molar-refractivity contribution in [1.29, 1.82) is 0 Å². The van der Waals surface area contributed by atoms with Crippen LogP contribution >= 0.6 is 23.2 Å². The van der Waals surface area contributed by atoms with Crippen LogP contribution in [-0.2, 0) is 4.79 Å². The molecule has 7 nitrogen and oxygen atoms in total. The highest BCUT2D eigenvalue weighted by atomic mass is 35.5. The molecule has 0 atom stereocenters. The zero-order chi connectivity index (χ0) is 19.4. The Hall–Kier alpha value is -2.35. The average molecular weight is 410 g/mol. The first-order chi connectivity index (χ1) is 12.9. The van der Waals surface area contributed by atoms with Crippen LogP contribution in [0.2, 0.25) is 10.0 Å². The predicted octanol–water partition coefficient (Wildman–Crippen LogP) is 2.25. The number of benzene rings is 2. The third-order valence-corrected chi connectivity index (χ3v) is 5.16. The Morgan fingerprint density at radius 2 is 1.70 bits per heavy atom. The molecule has 9 heteroatoms. The standard InChI is InChI=1S/C18H18Cl2N4O3/c19-15-2-1-3-16(20)18(15)21-17(25)12-22-8-10-23(11-9-22)13-4-6-14(7-5-13)24(26)27/h1-7H,8-12H2,(H,21,25)/p+1. The number of amides is 1. The third kappa shape index (κ3) is 4.88. The van der Waals surface area contributed by atoms with Crippen LogP contribution in [0.25, 0.3) is 0 Å². The first kappa shape index (κ1) is 19.4. The number of rotatable bonds is 5. The molecule has 1 amide bonds. The van der Waals surface area contributed by atoms with E-state index >= 15 is 0 Å². The normalized spacial score (nSPS) is 14.8. The van der Waals surface area contributed by atoms with Gasteiger partial charge in [-0.2, -0.15) is 0 Å². The number of para-hydroxylation sites is 1. The van der Waals surface area contributed by atoms with Gasteiger partial charge in [0.2, 0.25) is 0 Å². The molecule has 0 bridgehead atoms. The lowest BCUT2D eigenvalue weighted by Gasteiger charge is -2.33. The van der Waals surface area contributed by atoms with E-state index in [1.165, 1.54) is 12.1 Å². The summed E-state index contributed by atoms with van der Waals surface area (Å²) in [6.07, 6.45) is 0. The van der Waals surface area contributed by atoms with Gasteiger partial charge in [-0.1, -0.05) is 29.3 Å². The third-order valence-electron chi connectivity index (χ3n) is 4.53. The van der Waals surface area contributed by atoms with Gasteiger partial charge in [0.25, 0.3) is 11.6 Å². The van der Waals surface area contributed by atoms with Crippen molar-refractivity contribution in [3.63, 3.8) is 0 Å². The van der Waals surface area contributed by atoms with Crippen molar-refractivity contribution < 1.29 is 14.6 Å². The summed E-state index contributed by atoms with van der Waals surface area (Å²) >= 11 is 12.2. The molecule has 0 unspecified atom stereocenters. The molecule has 0 aromatic heterocycles. The van der Waals surface area contributed by atoms with Crippen LogP contribution in [0, 0.1) is 10.1 Å². The summed E-state index contributed by atoms with van der Waals surface area (Å²) in [5.41, 5.74) is 1.47. The van der Waals surface area contributed by atoms with Crippen LogP contribution < -0.4 is 15.1 Å². The van der Waals surface area contributed by atoms with Crippen LogP contribution in [0.3, 0.4) is 0 Å². The largest absolute Gasteiger partial charge is 0.360 e. The van der Waals surface area contributed by atoms with Crippen LogP contribution in [0.1, 0.15) is 0 Å². The summed E-state index contributed by atoms with van der Waals surface area (Å²) in [5.74, 6) is -0.135. The van der Waals surface area contributed by atoms with Crippen molar-refractivity contribution in [2.45, 2.75) is 0 Å². The van der Waals surface area contributed by atoms with E-state index in [1.54, 1.807) is 30.3 Å². The van der Waals surface area contributed by atoms with E-state index in [9.17, 15) is 14.9 Å². The first-order valence-corrected chi connectivity index (χ1v) is 9.26. The summed E-state index contributed by atoms with van der Waals surface area (Å²) in [6.45, 7) is 3.46. The van der Waals surface area contributed by atoms with Crippen molar-refractivity contribution in [2.75, 3.05) is 42.9 Å². The van der Waals surface area contributed by atoms with Crippen molar-refractivity contribution >= 4 is 46.2 Å². The van der Waals surface area contributed by atoms with Crippen molar-refractivity contribution in [2.24, 2.45) is 0 Å². The number of nitro benzene ring substituents is 1. The molecule has 2 N–H and O–H groups in total. The van der Waals surface area contributed by atoms with Gasteiger partial charge in [-0.15, -0.1) is 0 Å². The summed E-state index contributed by atoms with van der Waals surface area (Å²) in [4.78, 5) is 26.0. The fourth-order valence-electron chi connectivity index (χ4n) is 3.07. The number of piperazine rings is 1. The van der Waals surface area contributed by atoms with E-state index < -0.39 is 4.92 Å². The molecule has 2 aromatic carbocycles. The van der Waals surface area contributed by atoms with Crippen molar-refractivity contribution in [3.05, 3.63) is 62.6 Å². The highest BCUT2D eigenvalue weighted by Gasteiger charge is 2.23. The zero-order valence-electron chi connectivity index (χ0n) is 14.5. The van der Waals surface area contributed by atoms with Gasteiger partial charge in [0.1, 0.15) is 0 Å². The van der Waals surface area contributed by atoms with E-state index in [2.05, 4.69) is 10.2 Å². The molecule has 1 saturated heterocycles. The molecular weight excluding hydrogens is 391 g/mol. The Morgan fingerprint density at radius 3 is 2.26 bits per heavy atom. The molecule has 0 radical (unpaired) electrons. The number of nitrogens with zero attached hydrogens (tertiary/aromatic N) is 2. The summed E-state index contributed by atoms with van der Waals surface area (Å²) < 4.78 is 0. The minimum absolute atomic E-state index is 0.0814. The Balaban J connectivity index is 1.52. The number of anilines is 2. The molecule has 0 spiro atoms. The number of hydrogen-bond acceptors (Lipinski definition) is 4. The maximum atomic E-state index is 12.3. The zero-order valence-corrected chi connectivity index (χ0v) is 16.0. The minimum atomic E-state index is -0.407. The van der Waals surface area contributed by atoms with Gasteiger partial charge >= 0.3 is 0 Å². The smallest absolute Gasteiger partial charge is 0.279 e. The second-order valence-corrected chi connectivity index (χ2v) is 7.15. The van der Waals surface area contributed by atoms with Gasteiger partial charge in [0.05, 0.1) is 46.8 Å². The highest BCUT2D eigenvalue weighted by molar-refractivity contribution is 6.39. The molecule has 0 aliphatic carbocycles. The SMILES string of the molecule is O=C(C[NH+]1CCN(c2ccc([N+](=O)[O-])cc2)CC1)Nc1c(Cl)cccc1Cl. The molecule has 142 valence electrons. The topological polar surface area (TPSA) is 79.9 Å². The number of non-ortho nitro benzene ring substituents is 1. The number of carbonyl (C=O) groups excluding carboxylic acids is 1. The predicted molar refractivity (Wildman–Crippen MR) is 106 cm³/mol. The molecule has 2 aromatic rings. The molecule has 0 saturated carbocycles. The quantitative estimate of drug-likeness (QED) is 0.586. The second-order valence-electron chi connectivity index (χ2n) is 6.33. The maximum Gasteiger partial charge on any atom is 0.279 e. The lowest BCUT2D eigenvalue weighted by atomic mass is 10.2.